The van der Waals surface area contributed by atoms with Crippen LogP contribution < -0.4 is 15.6 Å². The number of nitrogens with zero attached hydrogens (tertiary/aromatic N) is 5. The SMILES string of the molecule is C[C@H](O/N=C(\C(=O)NC1C(=O)N2C(C(=O)O)=C(CSc3nc4c[n+](C)ccc4s3)CS[C@@H]12)c1csc(N)n1)C(=O)O. The molecular formula is C23H22N7O7S4+. The summed E-state index contributed by atoms with van der Waals surface area (Å²) in [5.41, 5.74) is 6.65. The van der Waals surface area contributed by atoms with E-state index in [9.17, 15) is 24.3 Å². The summed E-state index contributed by atoms with van der Waals surface area (Å²) in [6.07, 6.45) is 2.48. The lowest BCUT2D eigenvalue weighted by Gasteiger charge is -2.49. The molecule has 5 N–H and O–H groups in total. The van der Waals surface area contributed by atoms with Gasteiger partial charge in [0.1, 0.15) is 35.4 Å². The van der Waals surface area contributed by atoms with Gasteiger partial charge in [-0.2, -0.15) is 0 Å². The predicted molar refractivity (Wildman–Crippen MR) is 152 cm³/mol. The number of β-lactam (4-membered cyclic amide) rings is 1. The number of carbonyl (C=O) groups excluding carboxylic acids is 2. The number of nitrogen functional groups attached to an aromatic ring is 1. The fourth-order valence-electron chi connectivity index (χ4n) is 3.95. The molecule has 3 aromatic rings. The first-order valence-electron chi connectivity index (χ1n) is 11.8. The van der Waals surface area contributed by atoms with Crippen LogP contribution >= 0.6 is 46.2 Å². The van der Waals surface area contributed by atoms with Gasteiger partial charge in [-0.15, -0.1) is 34.4 Å². The summed E-state index contributed by atoms with van der Waals surface area (Å²) in [6, 6.07) is 0.921. The largest absolute Gasteiger partial charge is 0.478 e. The van der Waals surface area contributed by atoms with Gasteiger partial charge in [0.2, 0.25) is 6.10 Å². The number of aromatic nitrogens is 3. The van der Waals surface area contributed by atoms with Gasteiger partial charge in [-0.05, 0) is 12.5 Å². The molecule has 0 radical (unpaired) electrons. The van der Waals surface area contributed by atoms with Gasteiger partial charge in [-0.25, -0.2) is 24.1 Å². The second-order valence-corrected chi connectivity index (χ2v) is 13.1. The highest BCUT2D eigenvalue weighted by atomic mass is 32.2. The Balaban J connectivity index is 1.31. The number of fused-ring (bicyclic) bond motifs is 2. The summed E-state index contributed by atoms with van der Waals surface area (Å²) in [4.78, 5) is 64.3. The van der Waals surface area contributed by atoms with Crippen molar-refractivity contribution in [1.29, 1.82) is 0 Å². The molecule has 1 saturated heterocycles. The molecule has 0 saturated carbocycles. The lowest BCUT2D eigenvalue weighted by Crippen LogP contribution is -2.71. The Morgan fingerprint density at radius 3 is 2.83 bits per heavy atom. The van der Waals surface area contributed by atoms with Gasteiger partial charge in [0.15, 0.2) is 27.6 Å². The minimum Gasteiger partial charge on any atom is -0.478 e. The van der Waals surface area contributed by atoms with E-state index in [0.717, 1.165) is 25.9 Å². The lowest BCUT2D eigenvalue weighted by molar-refractivity contribution is -0.670. The van der Waals surface area contributed by atoms with Crippen molar-refractivity contribution in [2.45, 2.75) is 28.8 Å². The molecule has 5 heterocycles. The summed E-state index contributed by atoms with van der Waals surface area (Å²) in [5, 5.41) is 26.2. The van der Waals surface area contributed by atoms with Crippen LogP contribution in [-0.2, 0) is 31.1 Å². The number of carboxylic acids is 2. The Labute approximate surface area is 248 Å². The van der Waals surface area contributed by atoms with E-state index in [1.807, 2.05) is 30.1 Å². The maximum atomic E-state index is 13.1. The number of nitrogens with one attached hydrogen (secondary N) is 1. The van der Waals surface area contributed by atoms with Gasteiger partial charge in [-0.3, -0.25) is 14.5 Å². The number of thiazole rings is 2. The highest BCUT2D eigenvalue weighted by molar-refractivity contribution is 8.02. The van der Waals surface area contributed by atoms with Crippen molar-refractivity contribution in [1.82, 2.24) is 20.2 Å². The number of hydrogen-bond acceptors (Lipinski definition) is 13. The predicted octanol–water partition coefficient (Wildman–Crippen LogP) is 0.884. The highest BCUT2D eigenvalue weighted by Crippen LogP contribution is 2.42. The number of nitrogens with two attached hydrogens (primary N) is 1. The van der Waals surface area contributed by atoms with Crippen molar-refractivity contribution in [2.24, 2.45) is 12.2 Å². The van der Waals surface area contributed by atoms with Gasteiger partial charge < -0.3 is 26.1 Å². The van der Waals surface area contributed by atoms with Gasteiger partial charge >= 0.3 is 11.9 Å². The van der Waals surface area contributed by atoms with Crippen LogP contribution in [-0.4, -0.2) is 83.6 Å². The molecule has 2 aliphatic rings. The average Bonchev–Trinajstić information content (AvgIpc) is 3.54. The Hall–Kier alpha value is -3.74. The zero-order valence-corrected chi connectivity index (χ0v) is 24.6. The highest BCUT2D eigenvalue weighted by Gasteiger charge is 2.54. The van der Waals surface area contributed by atoms with E-state index in [0.29, 0.717) is 17.1 Å². The fraction of sp³-hybridized carbons (Fsp3) is 0.304. The minimum absolute atomic E-state index is 0.0385. The van der Waals surface area contributed by atoms with Crippen molar-refractivity contribution < 1.29 is 38.8 Å². The van der Waals surface area contributed by atoms with Crippen LogP contribution in [0.3, 0.4) is 0 Å². The number of carboxylic acid groups (broad SMARTS) is 2. The first-order valence-corrected chi connectivity index (χ1v) is 15.5. The smallest absolute Gasteiger partial charge is 0.352 e. The van der Waals surface area contributed by atoms with Crippen LogP contribution in [0.4, 0.5) is 5.13 Å². The molecule has 3 aromatic heterocycles. The summed E-state index contributed by atoms with van der Waals surface area (Å²) < 4.78 is 3.69. The van der Waals surface area contributed by atoms with E-state index in [1.165, 1.54) is 52.1 Å². The third-order valence-corrected chi connectivity index (χ3v) is 10.3. The standard InChI is InChI=1S/C23H21N7O7S4/c1-9(20(33)34)37-28-14(12-8-39-22(24)25-12)17(31)27-15-18(32)30-16(21(35)36)10(6-38-19(15)30)7-40-23-26-11-5-29(2)4-3-13(11)41-23/h3-5,8-9,15,19H,6-7H2,1-2H3,(H4-,24,25,27,31,33,34,35,36)/p+1/b28-14-/t9-,15?,19-/m0/s1. The Morgan fingerprint density at radius 2 is 2.15 bits per heavy atom. The molecule has 14 nitrogen and oxygen atoms in total. The van der Waals surface area contributed by atoms with Crippen molar-refractivity contribution in [3.63, 3.8) is 0 Å². The Bertz CT molecular complexity index is 1630. The number of oxime groups is 1. The first-order chi connectivity index (χ1) is 19.5. The van der Waals surface area contributed by atoms with Crippen LogP contribution in [0.15, 0.2) is 44.6 Å². The summed E-state index contributed by atoms with van der Waals surface area (Å²) in [7, 11) is 1.90. The fourth-order valence-corrected chi connectivity index (χ4v) is 8.02. The molecular weight excluding hydrogens is 615 g/mol. The molecule has 3 atom stereocenters. The van der Waals surface area contributed by atoms with Gasteiger partial charge in [0.05, 0.1) is 4.70 Å². The lowest BCUT2D eigenvalue weighted by atomic mass is 10.0. The number of carbonyl (C=O) groups is 4. The third kappa shape index (κ3) is 5.85. The van der Waals surface area contributed by atoms with Gasteiger partial charge in [-0.1, -0.05) is 16.9 Å². The Morgan fingerprint density at radius 1 is 1.37 bits per heavy atom. The van der Waals surface area contributed by atoms with E-state index in [4.69, 9.17) is 15.7 Å². The normalized spacial score (nSPS) is 19.5. The molecule has 0 bridgehead atoms. The van der Waals surface area contributed by atoms with E-state index in [2.05, 4.69) is 20.4 Å². The maximum absolute atomic E-state index is 13.1. The minimum atomic E-state index is -1.35. The van der Waals surface area contributed by atoms with E-state index in [-0.39, 0.29) is 22.2 Å². The van der Waals surface area contributed by atoms with Crippen LogP contribution in [0.2, 0.25) is 0 Å². The van der Waals surface area contributed by atoms with Crippen molar-refractivity contribution in [3.05, 3.63) is 40.8 Å². The van der Waals surface area contributed by atoms with Crippen LogP contribution in [0.5, 0.6) is 0 Å². The molecule has 1 unspecified atom stereocenters. The summed E-state index contributed by atoms with van der Waals surface area (Å²) in [6.45, 7) is 1.23. The molecule has 41 heavy (non-hydrogen) atoms. The van der Waals surface area contributed by atoms with Gasteiger partial charge in [0.25, 0.3) is 11.8 Å². The molecule has 0 aromatic carbocycles. The second kappa shape index (κ2) is 11.6. The molecule has 5 rings (SSSR count). The van der Waals surface area contributed by atoms with Crippen LogP contribution in [0, 0.1) is 0 Å². The number of thioether (sulfide) groups is 2. The van der Waals surface area contributed by atoms with E-state index < -0.39 is 41.3 Å². The molecule has 0 aliphatic carbocycles. The molecule has 0 spiro atoms. The molecule has 2 aliphatic heterocycles. The second-order valence-electron chi connectivity index (χ2n) is 8.84. The van der Waals surface area contributed by atoms with Crippen LogP contribution in [0.1, 0.15) is 12.6 Å². The third-order valence-electron chi connectivity index (χ3n) is 5.98. The van der Waals surface area contributed by atoms with E-state index >= 15 is 0 Å². The molecule has 18 heteroatoms. The number of anilines is 1. The van der Waals surface area contributed by atoms with Crippen molar-refractivity contribution in [2.75, 3.05) is 17.2 Å². The van der Waals surface area contributed by atoms with Crippen molar-refractivity contribution >= 4 is 91.0 Å². The van der Waals surface area contributed by atoms with Gasteiger partial charge in [0, 0.05) is 23.0 Å². The molecule has 214 valence electrons. The number of pyridine rings is 1. The molecule has 2 amide bonds. The Kier molecular flexibility index (Phi) is 8.16. The van der Waals surface area contributed by atoms with Crippen LogP contribution in [0.25, 0.3) is 10.2 Å². The maximum Gasteiger partial charge on any atom is 0.352 e. The number of hydrogen-bond donors (Lipinski definition) is 4. The number of amides is 2. The number of aliphatic carboxylic acids is 2. The summed E-state index contributed by atoms with van der Waals surface area (Å²) >= 11 is 5.26. The first kappa shape index (κ1) is 28.8. The van der Waals surface area contributed by atoms with Crippen molar-refractivity contribution in [3.8, 4) is 0 Å². The zero-order chi connectivity index (χ0) is 29.4. The number of rotatable bonds is 10. The summed E-state index contributed by atoms with van der Waals surface area (Å²) in [5.74, 6) is -3.32. The van der Waals surface area contributed by atoms with E-state index in [1.54, 1.807) is 0 Å². The molecule has 1 fully saturated rings. The number of aryl methyl sites for hydroxylation is 1. The zero-order valence-electron chi connectivity index (χ0n) is 21.3. The quantitative estimate of drug-likeness (QED) is 0.0806. The monoisotopic (exact) mass is 636 g/mol. The topological polar surface area (TPSA) is 201 Å². The average molecular weight is 637 g/mol.